The smallest absolute Gasteiger partial charge is 0.416 e. The van der Waals surface area contributed by atoms with Crippen LogP contribution < -0.4 is 5.32 Å². The molecule has 1 aromatic carbocycles. The van der Waals surface area contributed by atoms with Gasteiger partial charge in [0.2, 0.25) is 0 Å². The number of halogens is 3. The van der Waals surface area contributed by atoms with E-state index in [4.69, 9.17) is 10.4 Å². The van der Waals surface area contributed by atoms with Gasteiger partial charge in [0.1, 0.15) is 17.5 Å². The van der Waals surface area contributed by atoms with Gasteiger partial charge in [-0.15, -0.1) is 0 Å². The first-order valence-electron chi connectivity index (χ1n) is 7.28. The summed E-state index contributed by atoms with van der Waals surface area (Å²) in [7, 11) is 0. The van der Waals surface area contributed by atoms with E-state index < -0.39 is 36.1 Å². The van der Waals surface area contributed by atoms with Crippen molar-refractivity contribution in [1.29, 1.82) is 5.26 Å². The molecule has 1 atom stereocenters. The molecule has 0 saturated carbocycles. The number of rotatable bonds is 5. The molecule has 0 bridgehead atoms. The number of carbonyl (C=O) groups excluding carboxylic acids is 1. The van der Waals surface area contributed by atoms with Crippen LogP contribution in [0.25, 0.3) is 0 Å². The number of nitrogens with one attached hydrogen (secondary N) is 1. The van der Waals surface area contributed by atoms with Crippen molar-refractivity contribution in [2.45, 2.75) is 18.6 Å². The van der Waals surface area contributed by atoms with Gasteiger partial charge in [-0.2, -0.15) is 18.4 Å². The highest BCUT2D eigenvalue weighted by Gasteiger charge is 2.36. The molecule has 0 aliphatic rings. The van der Waals surface area contributed by atoms with Gasteiger partial charge >= 0.3 is 12.1 Å². The minimum Gasteiger partial charge on any atom is -0.481 e. The predicted octanol–water partition coefficient (Wildman–Crippen LogP) is 2.92. The fourth-order valence-electron chi connectivity index (χ4n) is 2.33. The van der Waals surface area contributed by atoms with Gasteiger partial charge in [-0.05, 0) is 23.8 Å². The van der Waals surface area contributed by atoms with Crippen LogP contribution in [0.1, 0.15) is 39.8 Å². The minimum absolute atomic E-state index is 0.0527. The number of carbonyl (C=O) groups is 2. The Labute approximate surface area is 145 Å². The number of alkyl halides is 3. The summed E-state index contributed by atoms with van der Waals surface area (Å²) in [5.41, 5.74) is -1.66. The van der Waals surface area contributed by atoms with Crippen LogP contribution in [0.15, 0.2) is 42.5 Å². The van der Waals surface area contributed by atoms with Gasteiger partial charge in [0.05, 0.1) is 18.0 Å². The number of carboxylic acids is 1. The van der Waals surface area contributed by atoms with Gasteiger partial charge in [-0.1, -0.05) is 24.3 Å². The lowest BCUT2D eigenvalue weighted by Gasteiger charge is -2.21. The number of nitriles is 1. The second-order valence-electron chi connectivity index (χ2n) is 5.23. The lowest BCUT2D eigenvalue weighted by atomic mass is 9.97. The second-order valence-corrected chi connectivity index (χ2v) is 5.23. The summed E-state index contributed by atoms with van der Waals surface area (Å²) in [5.74, 6) is -2.27. The van der Waals surface area contributed by atoms with E-state index in [9.17, 15) is 22.8 Å². The Morgan fingerprint density at radius 2 is 1.88 bits per heavy atom. The number of benzene rings is 1. The van der Waals surface area contributed by atoms with Crippen LogP contribution in [0, 0.1) is 11.3 Å². The largest absolute Gasteiger partial charge is 0.481 e. The van der Waals surface area contributed by atoms with E-state index in [1.807, 2.05) is 0 Å². The molecular formula is C17H12F3N3O3. The van der Waals surface area contributed by atoms with Crippen LogP contribution in [-0.4, -0.2) is 22.0 Å². The van der Waals surface area contributed by atoms with Crippen LogP contribution in [0.5, 0.6) is 0 Å². The SMILES string of the molecule is N#Cc1cccc(C(=O)N[C@H](CC(=O)O)c2ccccc2C(F)(F)F)n1. The standard InChI is InChI=1S/C17H12F3N3O3/c18-17(19,20)12-6-2-1-5-11(12)14(8-15(24)25)23-16(26)13-7-3-4-10(9-21)22-13/h1-7,14H,8H2,(H,23,26)(H,24,25)/t14-/m1/s1. The van der Waals surface area contributed by atoms with Crippen LogP contribution >= 0.6 is 0 Å². The summed E-state index contributed by atoms with van der Waals surface area (Å²) in [4.78, 5) is 27.1. The maximum Gasteiger partial charge on any atom is 0.416 e. The summed E-state index contributed by atoms with van der Waals surface area (Å²) >= 11 is 0. The number of hydrogen-bond donors (Lipinski definition) is 2. The van der Waals surface area contributed by atoms with E-state index in [2.05, 4.69) is 10.3 Å². The quantitative estimate of drug-likeness (QED) is 0.850. The first-order chi connectivity index (χ1) is 12.2. The van der Waals surface area contributed by atoms with Crippen molar-refractivity contribution in [3.8, 4) is 6.07 Å². The molecule has 2 aromatic rings. The number of pyridine rings is 1. The van der Waals surface area contributed by atoms with Gasteiger partial charge in [0, 0.05) is 0 Å². The maximum atomic E-state index is 13.2. The molecule has 1 aromatic heterocycles. The van der Waals surface area contributed by atoms with Crippen molar-refractivity contribution < 1.29 is 27.9 Å². The van der Waals surface area contributed by atoms with Crippen molar-refractivity contribution in [3.05, 3.63) is 65.0 Å². The van der Waals surface area contributed by atoms with Crippen molar-refractivity contribution in [2.75, 3.05) is 0 Å². The van der Waals surface area contributed by atoms with E-state index in [1.165, 1.54) is 30.3 Å². The van der Waals surface area contributed by atoms with Gasteiger partial charge in [-0.3, -0.25) is 9.59 Å². The number of carboxylic acid groups (broad SMARTS) is 1. The number of amides is 1. The molecular weight excluding hydrogens is 351 g/mol. The lowest BCUT2D eigenvalue weighted by molar-refractivity contribution is -0.140. The average molecular weight is 363 g/mol. The molecule has 6 nitrogen and oxygen atoms in total. The summed E-state index contributed by atoms with van der Waals surface area (Å²) in [5, 5.41) is 20.1. The fourth-order valence-corrected chi connectivity index (χ4v) is 2.33. The van der Waals surface area contributed by atoms with E-state index in [1.54, 1.807) is 6.07 Å². The van der Waals surface area contributed by atoms with Gasteiger partial charge < -0.3 is 10.4 Å². The molecule has 1 amide bonds. The number of hydrogen-bond acceptors (Lipinski definition) is 4. The van der Waals surface area contributed by atoms with Gasteiger partial charge in [-0.25, -0.2) is 4.98 Å². The molecule has 2 N–H and O–H groups in total. The average Bonchev–Trinajstić information content (AvgIpc) is 2.60. The molecule has 0 fully saturated rings. The Hall–Kier alpha value is -3.41. The first-order valence-corrected chi connectivity index (χ1v) is 7.28. The highest BCUT2D eigenvalue weighted by atomic mass is 19.4. The van der Waals surface area contributed by atoms with Crippen molar-refractivity contribution >= 4 is 11.9 Å². The lowest BCUT2D eigenvalue weighted by Crippen LogP contribution is -2.32. The van der Waals surface area contributed by atoms with Gasteiger partial charge in [0.25, 0.3) is 5.91 Å². The van der Waals surface area contributed by atoms with Crippen LogP contribution in [0.2, 0.25) is 0 Å². The molecule has 2 rings (SSSR count). The minimum atomic E-state index is -4.71. The molecule has 1 heterocycles. The third-order valence-electron chi connectivity index (χ3n) is 3.42. The zero-order chi connectivity index (χ0) is 19.3. The van der Waals surface area contributed by atoms with Crippen molar-refractivity contribution in [2.24, 2.45) is 0 Å². The Bertz CT molecular complexity index is 875. The fraction of sp³-hybridized carbons (Fsp3) is 0.176. The third-order valence-corrected chi connectivity index (χ3v) is 3.42. The highest BCUT2D eigenvalue weighted by molar-refractivity contribution is 5.93. The van der Waals surface area contributed by atoms with Gasteiger partial charge in [0.15, 0.2) is 0 Å². The highest BCUT2D eigenvalue weighted by Crippen LogP contribution is 2.35. The topological polar surface area (TPSA) is 103 Å². The summed E-state index contributed by atoms with van der Waals surface area (Å²) in [6.07, 6.45) is -5.46. The van der Waals surface area contributed by atoms with E-state index in [0.29, 0.717) is 0 Å². The molecule has 0 aliphatic heterocycles. The third kappa shape index (κ3) is 4.57. The molecule has 0 unspecified atom stereocenters. The van der Waals surface area contributed by atoms with E-state index >= 15 is 0 Å². The predicted molar refractivity (Wildman–Crippen MR) is 82.9 cm³/mol. The Kier molecular flexibility index (Phi) is 5.57. The summed E-state index contributed by atoms with van der Waals surface area (Å²) in [6.45, 7) is 0. The Morgan fingerprint density at radius 3 is 2.50 bits per heavy atom. The Balaban J connectivity index is 2.39. The summed E-state index contributed by atoms with van der Waals surface area (Å²) < 4.78 is 39.6. The first kappa shape index (κ1) is 18.9. The van der Waals surface area contributed by atoms with Crippen LogP contribution in [0.4, 0.5) is 13.2 Å². The molecule has 0 radical (unpaired) electrons. The zero-order valence-electron chi connectivity index (χ0n) is 13.1. The maximum absolute atomic E-state index is 13.2. The normalized spacial score (nSPS) is 12.1. The van der Waals surface area contributed by atoms with Crippen molar-refractivity contribution in [3.63, 3.8) is 0 Å². The van der Waals surface area contributed by atoms with Crippen LogP contribution in [0.3, 0.4) is 0 Å². The van der Waals surface area contributed by atoms with Crippen molar-refractivity contribution in [1.82, 2.24) is 10.3 Å². The second kappa shape index (κ2) is 7.65. The molecule has 0 aliphatic carbocycles. The number of nitrogens with zero attached hydrogens (tertiary/aromatic N) is 2. The molecule has 134 valence electrons. The van der Waals surface area contributed by atoms with E-state index in [-0.39, 0.29) is 17.0 Å². The Morgan fingerprint density at radius 1 is 1.19 bits per heavy atom. The van der Waals surface area contributed by atoms with Crippen LogP contribution in [-0.2, 0) is 11.0 Å². The monoisotopic (exact) mass is 363 g/mol. The number of aromatic nitrogens is 1. The molecule has 26 heavy (non-hydrogen) atoms. The zero-order valence-corrected chi connectivity index (χ0v) is 13.1. The summed E-state index contributed by atoms with van der Waals surface area (Å²) in [6, 6.07) is 8.72. The number of aliphatic carboxylic acids is 1. The van der Waals surface area contributed by atoms with E-state index in [0.717, 1.165) is 12.1 Å². The molecule has 0 spiro atoms. The molecule has 0 saturated heterocycles. The molecule has 9 heteroatoms.